The Morgan fingerprint density at radius 1 is 1.03 bits per heavy atom. The maximum absolute atomic E-state index is 13.4. The van der Waals surface area contributed by atoms with Crippen molar-refractivity contribution in [3.8, 4) is 5.75 Å². The van der Waals surface area contributed by atoms with Crippen LogP contribution in [0.5, 0.6) is 5.75 Å². The van der Waals surface area contributed by atoms with Crippen molar-refractivity contribution in [2.24, 2.45) is 0 Å². The molecule has 7 heteroatoms. The normalized spacial score (nSPS) is 13.7. The lowest BCUT2D eigenvalue weighted by Gasteiger charge is -2.36. The van der Waals surface area contributed by atoms with Crippen molar-refractivity contribution < 1.29 is 18.7 Å². The van der Waals surface area contributed by atoms with Gasteiger partial charge in [0.25, 0.3) is 0 Å². The van der Waals surface area contributed by atoms with Crippen LogP contribution in [0.2, 0.25) is 0 Å². The molecule has 0 spiro atoms. The van der Waals surface area contributed by atoms with E-state index in [1.54, 1.807) is 24.1 Å². The Kier molecular flexibility index (Phi) is 7.11. The smallest absolute Gasteiger partial charge is 0.324 e. The number of hydrogen-bond acceptors (Lipinski definition) is 3. The van der Waals surface area contributed by atoms with Crippen LogP contribution in [0.15, 0.2) is 66.7 Å². The summed E-state index contributed by atoms with van der Waals surface area (Å²) in [6, 6.07) is 19.1. The zero-order chi connectivity index (χ0) is 24.1. The van der Waals surface area contributed by atoms with E-state index in [4.69, 9.17) is 4.74 Å². The van der Waals surface area contributed by atoms with Crippen molar-refractivity contribution in [2.75, 3.05) is 30.4 Å². The van der Waals surface area contributed by atoms with Gasteiger partial charge in [-0.25, -0.2) is 9.18 Å². The van der Waals surface area contributed by atoms with Gasteiger partial charge in [-0.15, -0.1) is 0 Å². The Hall–Kier alpha value is -3.87. The standard InChI is InChI=1S/C27H28FN3O3/c1-19-7-12-25(24(15-19)29-26(32)17-20-8-10-22(28)11-9-20)31-14-4-13-30(27(31)33)18-21-5-3-6-23(16-21)34-2/h3,5-12,15-16H,4,13-14,17-18H2,1-2H3,(H,29,32). The maximum Gasteiger partial charge on any atom is 0.324 e. The first-order valence-corrected chi connectivity index (χ1v) is 11.3. The molecule has 176 valence electrons. The van der Waals surface area contributed by atoms with Crippen LogP contribution in [0.4, 0.5) is 20.6 Å². The predicted octanol–water partition coefficient (Wildman–Crippen LogP) is 5.16. The van der Waals surface area contributed by atoms with Crippen LogP contribution in [-0.2, 0) is 17.8 Å². The van der Waals surface area contributed by atoms with Gasteiger partial charge in [-0.1, -0.05) is 30.3 Å². The van der Waals surface area contributed by atoms with Crippen molar-refractivity contribution in [2.45, 2.75) is 26.3 Å². The summed E-state index contributed by atoms with van der Waals surface area (Å²) >= 11 is 0. The first-order valence-electron chi connectivity index (χ1n) is 11.3. The molecule has 0 aromatic heterocycles. The van der Waals surface area contributed by atoms with Gasteiger partial charge in [0.15, 0.2) is 0 Å². The molecule has 1 aliphatic rings. The van der Waals surface area contributed by atoms with Gasteiger partial charge in [-0.05, 0) is 66.4 Å². The summed E-state index contributed by atoms with van der Waals surface area (Å²) in [4.78, 5) is 29.7. The molecule has 0 bridgehead atoms. The number of amides is 3. The highest BCUT2D eigenvalue weighted by Gasteiger charge is 2.28. The average Bonchev–Trinajstić information content (AvgIpc) is 2.82. The molecule has 1 saturated heterocycles. The molecule has 1 aliphatic heterocycles. The van der Waals surface area contributed by atoms with Crippen molar-refractivity contribution in [3.05, 3.63) is 89.2 Å². The van der Waals surface area contributed by atoms with Crippen LogP contribution in [-0.4, -0.2) is 37.0 Å². The van der Waals surface area contributed by atoms with Gasteiger partial charge in [-0.2, -0.15) is 0 Å². The van der Waals surface area contributed by atoms with Crippen molar-refractivity contribution in [1.82, 2.24) is 4.90 Å². The maximum atomic E-state index is 13.4. The number of nitrogens with zero attached hydrogens (tertiary/aromatic N) is 2. The Morgan fingerprint density at radius 2 is 1.82 bits per heavy atom. The zero-order valence-corrected chi connectivity index (χ0v) is 19.4. The summed E-state index contributed by atoms with van der Waals surface area (Å²) in [7, 11) is 1.62. The highest BCUT2D eigenvalue weighted by atomic mass is 19.1. The van der Waals surface area contributed by atoms with Gasteiger partial charge in [0, 0.05) is 19.6 Å². The van der Waals surface area contributed by atoms with Gasteiger partial charge < -0.3 is 15.0 Å². The van der Waals surface area contributed by atoms with Crippen molar-refractivity contribution in [1.29, 1.82) is 0 Å². The molecule has 0 saturated carbocycles. The lowest BCUT2D eigenvalue weighted by Crippen LogP contribution is -2.49. The molecule has 1 fully saturated rings. The fourth-order valence-corrected chi connectivity index (χ4v) is 4.11. The van der Waals surface area contributed by atoms with Crippen LogP contribution in [0.1, 0.15) is 23.1 Å². The third kappa shape index (κ3) is 5.54. The van der Waals surface area contributed by atoms with E-state index in [0.717, 1.165) is 23.3 Å². The largest absolute Gasteiger partial charge is 0.497 e. The second kappa shape index (κ2) is 10.4. The molecule has 3 aromatic rings. The number of aryl methyl sites for hydroxylation is 1. The van der Waals surface area contributed by atoms with Crippen molar-refractivity contribution in [3.63, 3.8) is 0 Å². The van der Waals surface area contributed by atoms with E-state index >= 15 is 0 Å². The third-order valence-electron chi connectivity index (χ3n) is 5.81. The second-order valence-electron chi connectivity index (χ2n) is 8.43. The molecular formula is C27H28FN3O3. The van der Waals surface area contributed by atoms with Gasteiger partial charge >= 0.3 is 6.03 Å². The van der Waals surface area contributed by atoms with Crippen LogP contribution in [0.3, 0.4) is 0 Å². The van der Waals surface area contributed by atoms with E-state index < -0.39 is 0 Å². The third-order valence-corrected chi connectivity index (χ3v) is 5.81. The Labute approximate surface area is 198 Å². The Morgan fingerprint density at radius 3 is 2.59 bits per heavy atom. The summed E-state index contributed by atoms with van der Waals surface area (Å²) in [6.45, 7) is 3.64. The minimum Gasteiger partial charge on any atom is -0.497 e. The number of rotatable bonds is 7. The molecule has 3 amide bonds. The van der Waals surface area contributed by atoms with Gasteiger partial charge in [0.2, 0.25) is 5.91 Å². The molecule has 3 aromatic carbocycles. The molecule has 0 atom stereocenters. The van der Waals surface area contributed by atoms with E-state index in [1.165, 1.54) is 12.1 Å². The molecule has 1 heterocycles. The number of methoxy groups -OCH3 is 1. The molecule has 0 unspecified atom stereocenters. The number of carbonyl (C=O) groups excluding carboxylic acids is 2. The van der Waals surface area contributed by atoms with Crippen LogP contribution in [0, 0.1) is 12.7 Å². The minimum absolute atomic E-state index is 0.105. The van der Waals surface area contributed by atoms with E-state index in [-0.39, 0.29) is 24.2 Å². The average molecular weight is 462 g/mol. The molecule has 34 heavy (non-hydrogen) atoms. The topological polar surface area (TPSA) is 61.9 Å². The molecular weight excluding hydrogens is 433 g/mol. The summed E-state index contributed by atoms with van der Waals surface area (Å²) in [6.07, 6.45) is 0.927. The van der Waals surface area contributed by atoms with Gasteiger partial charge in [0.1, 0.15) is 11.6 Å². The van der Waals surface area contributed by atoms with Gasteiger partial charge in [0.05, 0.1) is 24.9 Å². The zero-order valence-electron chi connectivity index (χ0n) is 19.4. The number of benzene rings is 3. The molecule has 6 nitrogen and oxygen atoms in total. The van der Waals surface area contributed by atoms with Crippen molar-refractivity contribution >= 4 is 23.3 Å². The monoisotopic (exact) mass is 461 g/mol. The van der Waals surface area contributed by atoms with E-state index in [2.05, 4.69) is 5.32 Å². The number of urea groups is 1. The fraction of sp³-hybridized carbons (Fsp3) is 0.259. The summed E-state index contributed by atoms with van der Waals surface area (Å²) < 4.78 is 18.5. The quantitative estimate of drug-likeness (QED) is 0.529. The fourth-order valence-electron chi connectivity index (χ4n) is 4.11. The minimum atomic E-state index is -0.341. The van der Waals surface area contributed by atoms with Crippen LogP contribution in [0.25, 0.3) is 0 Å². The van der Waals surface area contributed by atoms with E-state index in [1.807, 2.05) is 54.3 Å². The number of nitrogens with one attached hydrogen (secondary N) is 1. The summed E-state index contributed by atoms with van der Waals surface area (Å²) in [5.74, 6) is 0.187. The number of anilines is 2. The lowest BCUT2D eigenvalue weighted by molar-refractivity contribution is -0.115. The number of hydrogen-bond donors (Lipinski definition) is 1. The molecule has 0 radical (unpaired) electrons. The highest BCUT2D eigenvalue weighted by molar-refractivity contribution is 6.01. The number of halogens is 1. The Balaban J connectivity index is 1.51. The SMILES string of the molecule is COc1cccc(CN2CCCN(c3ccc(C)cc3NC(=O)Cc3ccc(F)cc3)C2=O)c1. The number of ether oxygens (including phenoxy) is 1. The van der Waals surface area contributed by atoms with E-state index in [0.29, 0.717) is 36.6 Å². The van der Waals surface area contributed by atoms with Crippen LogP contribution < -0.4 is 15.0 Å². The van der Waals surface area contributed by atoms with Crippen LogP contribution >= 0.6 is 0 Å². The van der Waals surface area contributed by atoms with E-state index in [9.17, 15) is 14.0 Å². The van der Waals surface area contributed by atoms with Gasteiger partial charge in [-0.3, -0.25) is 9.69 Å². The summed E-state index contributed by atoms with van der Waals surface area (Å²) in [5, 5.41) is 2.95. The first-order chi connectivity index (χ1) is 16.4. The molecule has 0 aliphatic carbocycles. The molecule has 4 rings (SSSR count). The predicted molar refractivity (Wildman–Crippen MR) is 131 cm³/mol. The lowest BCUT2D eigenvalue weighted by atomic mass is 10.1. The first kappa shape index (κ1) is 23.3. The number of carbonyl (C=O) groups is 2. The second-order valence-corrected chi connectivity index (χ2v) is 8.43. The Bertz CT molecular complexity index is 1180. The summed E-state index contributed by atoms with van der Waals surface area (Å²) in [5.41, 5.74) is 3.93. The molecule has 1 N–H and O–H groups in total. The highest BCUT2D eigenvalue weighted by Crippen LogP contribution is 2.31.